The number of amides is 1. The summed E-state index contributed by atoms with van der Waals surface area (Å²) in [6.07, 6.45) is -1.13. The standard InChI is InChI=1S/C22H19N3O5S/c1-15(22(27)25-19-9-8-17-4-2-3-5-18(17)12-19)30-21(26)14-24-31(28,29)20-10-6-16(13-23)7-11-20/h2-12,15,24H,14H2,1H3,(H,25,27). The number of benzene rings is 3. The number of hydrogen-bond acceptors (Lipinski definition) is 6. The quantitative estimate of drug-likeness (QED) is 0.547. The molecule has 0 aromatic heterocycles. The highest BCUT2D eigenvalue weighted by Crippen LogP contribution is 2.19. The topological polar surface area (TPSA) is 125 Å². The van der Waals surface area contributed by atoms with E-state index in [1.54, 1.807) is 12.1 Å². The molecule has 0 radical (unpaired) electrons. The molecule has 0 spiro atoms. The van der Waals surface area contributed by atoms with Gasteiger partial charge in [0.25, 0.3) is 5.91 Å². The van der Waals surface area contributed by atoms with E-state index in [-0.39, 0.29) is 4.90 Å². The van der Waals surface area contributed by atoms with Gasteiger partial charge in [-0.1, -0.05) is 30.3 Å². The number of nitriles is 1. The van der Waals surface area contributed by atoms with Crippen molar-refractivity contribution < 1.29 is 22.7 Å². The van der Waals surface area contributed by atoms with Crippen LogP contribution in [0.3, 0.4) is 0 Å². The van der Waals surface area contributed by atoms with E-state index in [9.17, 15) is 18.0 Å². The van der Waals surface area contributed by atoms with Crippen LogP contribution in [0.5, 0.6) is 0 Å². The predicted molar refractivity (Wildman–Crippen MR) is 114 cm³/mol. The van der Waals surface area contributed by atoms with Gasteiger partial charge in [0.1, 0.15) is 6.54 Å². The third-order valence-corrected chi connectivity index (χ3v) is 5.81. The number of carbonyl (C=O) groups is 2. The smallest absolute Gasteiger partial charge is 0.321 e. The second-order valence-corrected chi connectivity index (χ2v) is 8.41. The Morgan fingerprint density at radius 1 is 1.03 bits per heavy atom. The van der Waals surface area contributed by atoms with Crippen molar-refractivity contribution in [3.63, 3.8) is 0 Å². The molecule has 1 atom stereocenters. The van der Waals surface area contributed by atoms with Crippen molar-refractivity contribution in [2.45, 2.75) is 17.9 Å². The van der Waals surface area contributed by atoms with Crippen molar-refractivity contribution in [3.8, 4) is 6.07 Å². The molecule has 0 bridgehead atoms. The fraction of sp³-hybridized carbons (Fsp3) is 0.136. The lowest BCUT2D eigenvalue weighted by molar-refractivity contribution is -0.151. The van der Waals surface area contributed by atoms with Crippen LogP contribution >= 0.6 is 0 Å². The number of esters is 1. The molecule has 9 heteroatoms. The molecule has 8 nitrogen and oxygen atoms in total. The van der Waals surface area contributed by atoms with Gasteiger partial charge in [-0.2, -0.15) is 9.98 Å². The van der Waals surface area contributed by atoms with E-state index in [0.29, 0.717) is 11.3 Å². The molecule has 0 aliphatic rings. The van der Waals surface area contributed by atoms with Gasteiger partial charge < -0.3 is 10.1 Å². The van der Waals surface area contributed by atoms with Crippen LogP contribution in [0.25, 0.3) is 10.8 Å². The minimum absolute atomic E-state index is 0.0959. The van der Waals surface area contributed by atoms with Crippen LogP contribution in [0, 0.1) is 11.3 Å². The van der Waals surface area contributed by atoms with E-state index in [0.717, 1.165) is 10.8 Å². The predicted octanol–water partition coefficient (Wildman–Crippen LogP) is 2.56. The molecule has 0 aliphatic heterocycles. The molecular formula is C22H19N3O5S. The monoisotopic (exact) mass is 437 g/mol. The minimum Gasteiger partial charge on any atom is -0.452 e. The van der Waals surface area contributed by atoms with Crippen LogP contribution < -0.4 is 10.0 Å². The van der Waals surface area contributed by atoms with Gasteiger partial charge >= 0.3 is 5.97 Å². The maximum Gasteiger partial charge on any atom is 0.321 e. The Bertz CT molecular complexity index is 1260. The molecule has 0 heterocycles. The summed E-state index contributed by atoms with van der Waals surface area (Å²) in [7, 11) is -3.97. The number of nitrogens with one attached hydrogen (secondary N) is 2. The van der Waals surface area contributed by atoms with Crippen molar-refractivity contribution in [1.82, 2.24) is 4.72 Å². The summed E-state index contributed by atoms with van der Waals surface area (Å²) in [6, 6.07) is 20.2. The molecule has 0 saturated carbocycles. The second kappa shape index (κ2) is 9.38. The van der Waals surface area contributed by atoms with E-state index in [1.807, 2.05) is 36.4 Å². The first-order valence-electron chi connectivity index (χ1n) is 9.27. The Kier molecular flexibility index (Phi) is 6.65. The van der Waals surface area contributed by atoms with Crippen molar-refractivity contribution >= 4 is 38.4 Å². The van der Waals surface area contributed by atoms with Gasteiger partial charge in [0.05, 0.1) is 16.5 Å². The van der Waals surface area contributed by atoms with Crippen molar-refractivity contribution in [2.24, 2.45) is 0 Å². The molecule has 3 rings (SSSR count). The SMILES string of the molecule is CC(OC(=O)CNS(=O)(=O)c1ccc(C#N)cc1)C(=O)Nc1ccc2ccccc2c1. The first-order valence-corrected chi connectivity index (χ1v) is 10.8. The molecule has 158 valence electrons. The number of nitrogens with zero attached hydrogens (tertiary/aromatic N) is 1. The molecule has 1 unspecified atom stereocenters. The maximum absolute atomic E-state index is 12.3. The molecule has 0 fully saturated rings. The zero-order valence-corrected chi connectivity index (χ0v) is 17.3. The third kappa shape index (κ3) is 5.66. The van der Waals surface area contributed by atoms with Crippen LogP contribution in [0.1, 0.15) is 12.5 Å². The minimum atomic E-state index is -3.97. The molecule has 3 aromatic carbocycles. The van der Waals surface area contributed by atoms with E-state index in [4.69, 9.17) is 10.00 Å². The van der Waals surface area contributed by atoms with Crippen LogP contribution in [-0.4, -0.2) is 32.9 Å². The van der Waals surface area contributed by atoms with E-state index in [1.165, 1.54) is 31.2 Å². The van der Waals surface area contributed by atoms with Gasteiger partial charge in [-0.25, -0.2) is 8.42 Å². The molecule has 1 amide bonds. The fourth-order valence-corrected chi connectivity index (χ4v) is 3.72. The zero-order valence-electron chi connectivity index (χ0n) is 16.5. The number of ether oxygens (including phenoxy) is 1. The lowest BCUT2D eigenvalue weighted by atomic mass is 10.1. The summed E-state index contributed by atoms with van der Waals surface area (Å²) in [5.41, 5.74) is 0.859. The van der Waals surface area contributed by atoms with E-state index in [2.05, 4.69) is 10.0 Å². The van der Waals surface area contributed by atoms with Crippen LogP contribution in [-0.2, 0) is 24.3 Å². The number of hydrogen-bond donors (Lipinski definition) is 2. The Labute approximate surface area is 179 Å². The first-order chi connectivity index (χ1) is 14.8. The molecule has 3 aromatic rings. The fourth-order valence-electron chi connectivity index (χ4n) is 2.75. The first kappa shape index (κ1) is 22.0. The highest BCUT2D eigenvalue weighted by atomic mass is 32.2. The Morgan fingerprint density at radius 2 is 1.71 bits per heavy atom. The van der Waals surface area contributed by atoms with Crippen LogP contribution in [0.4, 0.5) is 5.69 Å². The van der Waals surface area contributed by atoms with E-state index < -0.39 is 34.5 Å². The van der Waals surface area contributed by atoms with Crippen LogP contribution in [0.2, 0.25) is 0 Å². The Balaban J connectivity index is 1.54. The summed E-state index contributed by atoms with van der Waals surface area (Å²) in [4.78, 5) is 24.2. The highest BCUT2D eigenvalue weighted by molar-refractivity contribution is 7.89. The van der Waals surface area contributed by atoms with Gasteiger partial charge in [-0.05, 0) is 54.1 Å². The number of rotatable bonds is 7. The maximum atomic E-state index is 12.3. The van der Waals surface area contributed by atoms with Crippen molar-refractivity contribution in [2.75, 3.05) is 11.9 Å². The molecular weight excluding hydrogens is 418 g/mol. The lowest BCUT2D eigenvalue weighted by Gasteiger charge is -2.14. The number of sulfonamides is 1. The summed E-state index contributed by atoms with van der Waals surface area (Å²) in [5, 5.41) is 13.4. The van der Waals surface area contributed by atoms with Gasteiger partial charge in [-0.15, -0.1) is 0 Å². The lowest BCUT2D eigenvalue weighted by Crippen LogP contribution is -2.35. The highest BCUT2D eigenvalue weighted by Gasteiger charge is 2.21. The van der Waals surface area contributed by atoms with Gasteiger partial charge in [0.2, 0.25) is 10.0 Å². The number of anilines is 1. The summed E-state index contributed by atoms with van der Waals surface area (Å²) in [6.45, 7) is 0.749. The Morgan fingerprint density at radius 3 is 2.39 bits per heavy atom. The largest absolute Gasteiger partial charge is 0.452 e. The van der Waals surface area contributed by atoms with Gasteiger partial charge in [0.15, 0.2) is 6.10 Å². The average Bonchev–Trinajstić information content (AvgIpc) is 2.77. The summed E-state index contributed by atoms with van der Waals surface area (Å²) in [5.74, 6) is -1.45. The third-order valence-electron chi connectivity index (χ3n) is 4.39. The normalized spacial score (nSPS) is 12.0. The molecule has 31 heavy (non-hydrogen) atoms. The summed E-state index contributed by atoms with van der Waals surface area (Å²) < 4.78 is 31.6. The molecule has 0 aliphatic carbocycles. The second-order valence-electron chi connectivity index (χ2n) is 6.64. The van der Waals surface area contributed by atoms with Crippen LogP contribution in [0.15, 0.2) is 71.6 Å². The summed E-state index contributed by atoms with van der Waals surface area (Å²) >= 11 is 0. The number of carbonyl (C=O) groups excluding carboxylic acids is 2. The zero-order chi connectivity index (χ0) is 22.4. The molecule has 0 saturated heterocycles. The number of fused-ring (bicyclic) bond motifs is 1. The molecule has 2 N–H and O–H groups in total. The average molecular weight is 437 g/mol. The van der Waals surface area contributed by atoms with Crippen molar-refractivity contribution in [1.29, 1.82) is 5.26 Å². The van der Waals surface area contributed by atoms with Gasteiger partial charge in [0, 0.05) is 5.69 Å². The van der Waals surface area contributed by atoms with Crippen molar-refractivity contribution in [3.05, 3.63) is 72.3 Å². The Hall–Kier alpha value is -3.74. The van der Waals surface area contributed by atoms with E-state index >= 15 is 0 Å². The van der Waals surface area contributed by atoms with Gasteiger partial charge in [-0.3, -0.25) is 9.59 Å².